The zero-order chi connectivity index (χ0) is 11.6. The van der Waals surface area contributed by atoms with Crippen molar-refractivity contribution >= 4 is 0 Å². The molecule has 0 aromatic carbocycles. The second-order valence-electron chi connectivity index (χ2n) is 4.79. The highest BCUT2D eigenvalue weighted by molar-refractivity contribution is 4.72. The molecule has 1 aliphatic rings. The zero-order valence-electron chi connectivity index (χ0n) is 11.0. The molecule has 0 heterocycles. The van der Waals surface area contributed by atoms with Gasteiger partial charge < -0.3 is 15.0 Å². The molecule has 16 heavy (non-hydrogen) atoms. The Labute approximate surface area is 101 Å². The van der Waals surface area contributed by atoms with E-state index in [1.165, 1.54) is 32.1 Å². The summed E-state index contributed by atoms with van der Waals surface area (Å²) in [6.45, 7) is 7.02. The van der Waals surface area contributed by atoms with Crippen molar-refractivity contribution in [2.24, 2.45) is 0 Å². The standard InChI is InChI=1S/C13H28N2O/c1-3-16-12-11-15(2)10-9-14-13-7-5-4-6-8-13/h13-14H,3-12H2,1-2H3. The van der Waals surface area contributed by atoms with Gasteiger partial charge in [-0.25, -0.2) is 0 Å². The Hall–Kier alpha value is -0.120. The Kier molecular flexibility index (Phi) is 7.81. The number of hydrogen-bond acceptors (Lipinski definition) is 3. The maximum absolute atomic E-state index is 5.34. The largest absolute Gasteiger partial charge is 0.380 e. The molecule has 0 saturated heterocycles. The first kappa shape index (κ1) is 13.9. The third kappa shape index (κ3) is 6.46. The van der Waals surface area contributed by atoms with Crippen LogP contribution in [0.4, 0.5) is 0 Å². The van der Waals surface area contributed by atoms with E-state index in [4.69, 9.17) is 4.74 Å². The topological polar surface area (TPSA) is 24.5 Å². The summed E-state index contributed by atoms with van der Waals surface area (Å²) in [4.78, 5) is 2.34. The fraction of sp³-hybridized carbons (Fsp3) is 1.00. The Morgan fingerprint density at radius 1 is 1.19 bits per heavy atom. The van der Waals surface area contributed by atoms with Gasteiger partial charge in [0.25, 0.3) is 0 Å². The van der Waals surface area contributed by atoms with Gasteiger partial charge in [-0.15, -0.1) is 0 Å². The minimum absolute atomic E-state index is 0.786. The van der Waals surface area contributed by atoms with E-state index in [0.29, 0.717) is 0 Å². The van der Waals surface area contributed by atoms with Crippen LogP contribution in [-0.4, -0.2) is 50.8 Å². The molecule has 0 aromatic rings. The molecular weight excluding hydrogens is 200 g/mol. The summed E-state index contributed by atoms with van der Waals surface area (Å²) in [7, 11) is 2.17. The zero-order valence-corrected chi connectivity index (χ0v) is 11.0. The highest BCUT2D eigenvalue weighted by Gasteiger charge is 2.11. The van der Waals surface area contributed by atoms with Gasteiger partial charge in [-0.3, -0.25) is 0 Å². The van der Waals surface area contributed by atoms with E-state index >= 15 is 0 Å². The van der Waals surface area contributed by atoms with Gasteiger partial charge in [-0.1, -0.05) is 19.3 Å². The molecular formula is C13H28N2O. The van der Waals surface area contributed by atoms with Crippen molar-refractivity contribution in [3.05, 3.63) is 0 Å². The summed E-state index contributed by atoms with van der Waals surface area (Å²) in [5.41, 5.74) is 0. The van der Waals surface area contributed by atoms with Crippen molar-refractivity contribution in [1.29, 1.82) is 0 Å². The summed E-state index contributed by atoms with van der Waals surface area (Å²) in [5.74, 6) is 0. The first-order valence-electron chi connectivity index (χ1n) is 6.82. The summed E-state index contributed by atoms with van der Waals surface area (Å²) in [5, 5.41) is 3.66. The van der Waals surface area contributed by atoms with Gasteiger partial charge in [0.2, 0.25) is 0 Å². The number of nitrogens with zero attached hydrogens (tertiary/aromatic N) is 1. The predicted molar refractivity (Wildman–Crippen MR) is 68.9 cm³/mol. The molecule has 0 unspecified atom stereocenters. The second-order valence-corrected chi connectivity index (χ2v) is 4.79. The Bertz CT molecular complexity index is 158. The van der Waals surface area contributed by atoms with Crippen LogP contribution >= 0.6 is 0 Å². The average Bonchev–Trinajstić information content (AvgIpc) is 2.31. The monoisotopic (exact) mass is 228 g/mol. The van der Waals surface area contributed by atoms with Gasteiger partial charge in [0.1, 0.15) is 0 Å². The van der Waals surface area contributed by atoms with Crippen LogP contribution in [0, 0.1) is 0 Å². The molecule has 0 aromatic heterocycles. The van der Waals surface area contributed by atoms with Crippen LogP contribution in [0.15, 0.2) is 0 Å². The van der Waals surface area contributed by atoms with Crippen LogP contribution in [-0.2, 0) is 4.74 Å². The molecule has 1 fully saturated rings. The first-order chi connectivity index (χ1) is 7.83. The molecule has 3 heteroatoms. The molecule has 1 rings (SSSR count). The van der Waals surface area contributed by atoms with Crippen LogP contribution in [0.3, 0.4) is 0 Å². The van der Waals surface area contributed by atoms with Crippen molar-refractivity contribution in [3.8, 4) is 0 Å². The lowest BCUT2D eigenvalue weighted by Gasteiger charge is -2.24. The highest BCUT2D eigenvalue weighted by atomic mass is 16.5. The van der Waals surface area contributed by atoms with Gasteiger partial charge in [-0.05, 0) is 26.8 Å². The molecule has 0 spiro atoms. The summed E-state index contributed by atoms with van der Waals surface area (Å²) < 4.78 is 5.34. The molecule has 0 bridgehead atoms. The number of ether oxygens (including phenoxy) is 1. The van der Waals surface area contributed by atoms with Gasteiger partial charge in [0.05, 0.1) is 6.61 Å². The van der Waals surface area contributed by atoms with E-state index in [2.05, 4.69) is 17.3 Å². The lowest BCUT2D eigenvalue weighted by atomic mass is 9.95. The second kappa shape index (κ2) is 8.97. The minimum atomic E-state index is 0.786. The van der Waals surface area contributed by atoms with Gasteiger partial charge >= 0.3 is 0 Å². The van der Waals surface area contributed by atoms with Crippen LogP contribution < -0.4 is 5.32 Å². The fourth-order valence-electron chi connectivity index (χ4n) is 2.24. The highest BCUT2D eigenvalue weighted by Crippen LogP contribution is 2.16. The molecule has 96 valence electrons. The molecule has 3 nitrogen and oxygen atoms in total. The molecule has 1 saturated carbocycles. The summed E-state index contributed by atoms with van der Waals surface area (Å²) >= 11 is 0. The molecule has 0 amide bonds. The van der Waals surface area contributed by atoms with Crippen molar-refractivity contribution in [1.82, 2.24) is 10.2 Å². The SMILES string of the molecule is CCOCCN(C)CCNC1CCCCC1. The summed E-state index contributed by atoms with van der Waals surface area (Å²) in [6, 6.07) is 0.786. The van der Waals surface area contributed by atoms with Gasteiger partial charge in [0.15, 0.2) is 0 Å². The average molecular weight is 228 g/mol. The Morgan fingerprint density at radius 2 is 1.94 bits per heavy atom. The van der Waals surface area contributed by atoms with Crippen molar-refractivity contribution in [2.45, 2.75) is 45.1 Å². The Morgan fingerprint density at radius 3 is 2.62 bits per heavy atom. The number of hydrogen-bond donors (Lipinski definition) is 1. The van der Waals surface area contributed by atoms with Crippen LogP contribution in [0.5, 0.6) is 0 Å². The maximum Gasteiger partial charge on any atom is 0.0593 e. The number of nitrogens with one attached hydrogen (secondary N) is 1. The molecule has 1 N–H and O–H groups in total. The maximum atomic E-state index is 5.34. The number of rotatable bonds is 8. The third-order valence-electron chi connectivity index (χ3n) is 3.35. The van der Waals surface area contributed by atoms with E-state index in [1.807, 2.05) is 6.92 Å². The molecule has 1 aliphatic carbocycles. The van der Waals surface area contributed by atoms with Crippen LogP contribution in [0.1, 0.15) is 39.0 Å². The molecule has 0 atom stereocenters. The number of likely N-dealkylation sites (N-methyl/N-ethyl adjacent to an activating group) is 1. The van der Waals surface area contributed by atoms with E-state index in [1.54, 1.807) is 0 Å². The third-order valence-corrected chi connectivity index (χ3v) is 3.35. The fourth-order valence-corrected chi connectivity index (χ4v) is 2.24. The van der Waals surface area contributed by atoms with Gasteiger partial charge in [0, 0.05) is 32.3 Å². The van der Waals surface area contributed by atoms with Crippen molar-refractivity contribution in [3.63, 3.8) is 0 Å². The molecule has 0 aliphatic heterocycles. The minimum Gasteiger partial charge on any atom is -0.380 e. The van der Waals surface area contributed by atoms with E-state index in [9.17, 15) is 0 Å². The molecule has 0 radical (unpaired) electrons. The smallest absolute Gasteiger partial charge is 0.0593 e. The quantitative estimate of drug-likeness (QED) is 0.642. The van der Waals surface area contributed by atoms with Crippen molar-refractivity contribution in [2.75, 3.05) is 39.9 Å². The Balaban J connectivity index is 1.92. The van der Waals surface area contributed by atoms with Crippen LogP contribution in [0.25, 0.3) is 0 Å². The lowest BCUT2D eigenvalue weighted by molar-refractivity contribution is 0.122. The van der Waals surface area contributed by atoms with Gasteiger partial charge in [-0.2, -0.15) is 0 Å². The normalized spacial score (nSPS) is 18.2. The first-order valence-corrected chi connectivity index (χ1v) is 6.82. The van der Waals surface area contributed by atoms with E-state index in [0.717, 1.165) is 38.9 Å². The van der Waals surface area contributed by atoms with E-state index in [-0.39, 0.29) is 0 Å². The summed E-state index contributed by atoms with van der Waals surface area (Å²) in [6.07, 6.45) is 7.02. The van der Waals surface area contributed by atoms with Crippen LogP contribution in [0.2, 0.25) is 0 Å². The lowest BCUT2D eigenvalue weighted by Crippen LogP contribution is -2.37. The van der Waals surface area contributed by atoms with Crippen molar-refractivity contribution < 1.29 is 4.74 Å². The predicted octanol–water partition coefficient (Wildman–Crippen LogP) is 1.88. The van der Waals surface area contributed by atoms with E-state index < -0.39 is 0 Å².